The van der Waals surface area contributed by atoms with E-state index in [4.69, 9.17) is 30.0 Å². The summed E-state index contributed by atoms with van der Waals surface area (Å²) in [7, 11) is -4.47. The smallest absolute Gasteiger partial charge is 0.408 e. The Hall–Kier alpha value is -3.89. The number of hydrogen-bond donors (Lipinski definition) is 3. The number of benzene rings is 1. The number of carbonyl (C=O) groups excluding carboxylic acids is 4. The minimum Gasteiger partial charge on any atom is -0.488 e. The molecule has 1 aromatic heterocycles. The van der Waals surface area contributed by atoms with E-state index in [1.807, 2.05) is 18.6 Å². The molecular formula is C37H52ClN5O10S. The molecule has 5 rings (SSSR count). The van der Waals surface area contributed by atoms with E-state index in [1.54, 1.807) is 72.7 Å². The minimum absolute atomic E-state index is 0.0104. The molecule has 4 amide bonds. The van der Waals surface area contributed by atoms with E-state index in [2.05, 4.69) is 15.6 Å². The summed E-state index contributed by atoms with van der Waals surface area (Å²) in [6.45, 7) is 15.9. The van der Waals surface area contributed by atoms with Crippen LogP contribution in [-0.2, 0) is 33.6 Å². The standard InChI is InChI=1S/C37H52ClN5O10S/c1-10-21-19-37(21,32(46)42-54(48,49)53-36(9)15-16-36)41-30(44)25-17-22(51-26-18-27(50-11-2)39-28-23(26)13-12-14-24(28)38)20-43(25)31(45)29(34(3,4)5)40-33(47)52-35(6,7)8/h12-14,18,21-22,25,29H,10-11,15-17,19-20H2,1-9H3,(H,40,47)(H,41,44)(H,42,46)/t21-,22-,25+,29-,37-/m1/s1. The van der Waals surface area contributed by atoms with Crippen molar-refractivity contribution < 1.29 is 46.0 Å². The quantitative estimate of drug-likeness (QED) is 0.253. The molecule has 298 valence electrons. The highest BCUT2D eigenvalue weighted by Crippen LogP contribution is 2.47. The van der Waals surface area contributed by atoms with Gasteiger partial charge in [-0.3, -0.25) is 14.4 Å². The number of pyridine rings is 1. The van der Waals surface area contributed by atoms with Gasteiger partial charge in [0, 0.05) is 17.9 Å². The van der Waals surface area contributed by atoms with Gasteiger partial charge in [-0.1, -0.05) is 51.8 Å². The lowest BCUT2D eigenvalue weighted by molar-refractivity contribution is -0.143. The molecule has 2 heterocycles. The van der Waals surface area contributed by atoms with Gasteiger partial charge < -0.3 is 29.7 Å². The van der Waals surface area contributed by atoms with Crippen LogP contribution < -0.4 is 24.8 Å². The molecule has 0 spiro atoms. The van der Waals surface area contributed by atoms with Crippen molar-refractivity contribution in [2.45, 2.75) is 129 Å². The molecule has 2 aromatic rings. The fraction of sp³-hybridized carbons (Fsp3) is 0.649. The van der Waals surface area contributed by atoms with Crippen molar-refractivity contribution in [2.24, 2.45) is 11.3 Å². The summed E-state index contributed by atoms with van der Waals surface area (Å²) in [5.74, 6) is -1.92. The van der Waals surface area contributed by atoms with Crippen molar-refractivity contribution >= 4 is 56.6 Å². The van der Waals surface area contributed by atoms with Gasteiger partial charge in [0.05, 0.1) is 29.3 Å². The van der Waals surface area contributed by atoms with Crippen LogP contribution in [0.4, 0.5) is 4.79 Å². The van der Waals surface area contributed by atoms with Crippen molar-refractivity contribution in [3.05, 3.63) is 29.3 Å². The second kappa shape index (κ2) is 15.0. The van der Waals surface area contributed by atoms with E-state index >= 15 is 0 Å². The van der Waals surface area contributed by atoms with Crippen LogP contribution >= 0.6 is 11.6 Å². The lowest BCUT2D eigenvalue weighted by atomic mass is 9.85. The van der Waals surface area contributed by atoms with Gasteiger partial charge in [-0.05, 0) is 77.3 Å². The molecule has 3 N–H and O–H groups in total. The largest absolute Gasteiger partial charge is 0.488 e. The molecule has 17 heteroatoms. The van der Waals surface area contributed by atoms with Crippen LogP contribution in [0.15, 0.2) is 24.3 Å². The Morgan fingerprint density at radius 3 is 2.35 bits per heavy atom. The van der Waals surface area contributed by atoms with Crippen molar-refractivity contribution in [1.82, 2.24) is 25.2 Å². The molecular weight excluding hydrogens is 742 g/mol. The van der Waals surface area contributed by atoms with E-state index in [0.717, 1.165) is 0 Å². The first kappa shape index (κ1) is 41.3. The van der Waals surface area contributed by atoms with Gasteiger partial charge in [0.1, 0.15) is 35.1 Å². The minimum atomic E-state index is -4.47. The van der Waals surface area contributed by atoms with Crippen LogP contribution in [0.1, 0.15) is 94.4 Å². The molecule has 5 atom stereocenters. The Balaban J connectivity index is 1.47. The first-order valence-electron chi connectivity index (χ1n) is 18.3. The highest BCUT2D eigenvalue weighted by Gasteiger charge is 2.62. The van der Waals surface area contributed by atoms with Crippen LogP contribution in [0.25, 0.3) is 10.9 Å². The van der Waals surface area contributed by atoms with Crippen LogP contribution in [0.3, 0.4) is 0 Å². The molecule has 0 unspecified atom stereocenters. The third-order valence-electron chi connectivity index (χ3n) is 9.77. The number of aromatic nitrogens is 1. The summed E-state index contributed by atoms with van der Waals surface area (Å²) >= 11 is 6.50. The fourth-order valence-corrected chi connectivity index (χ4v) is 8.00. The average molecular weight is 794 g/mol. The molecule has 1 saturated heterocycles. The van der Waals surface area contributed by atoms with E-state index in [9.17, 15) is 27.6 Å². The van der Waals surface area contributed by atoms with Gasteiger partial charge in [-0.2, -0.15) is 8.42 Å². The van der Waals surface area contributed by atoms with Gasteiger partial charge in [0.15, 0.2) is 0 Å². The monoisotopic (exact) mass is 793 g/mol. The molecule has 3 aliphatic rings. The SMILES string of the molecule is CCOc1cc(O[C@@H]2C[C@@H](C(=O)N[C@]3(C(=O)NS(=O)(=O)OC4(C)CC4)C[C@H]3CC)N(C(=O)[C@@H](NC(=O)OC(C)(C)C)C(C)(C)C)C2)c2cccc(Cl)c2n1. The Morgan fingerprint density at radius 1 is 1.09 bits per heavy atom. The van der Waals surface area contributed by atoms with Gasteiger partial charge in [0.2, 0.25) is 17.7 Å². The topological polar surface area (TPSA) is 192 Å². The zero-order chi connectivity index (χ0) is 40.0. The summed E-state index contributed by atoms with van der Waals surface area (Å²) < 4.78 is 50.5. The highest BCUT2D eigenvalue weighted by atomic mass is 35.5. The number of likely N-dealkylation sites (tertiary alicyclic amines) is 1. The van der Waals surface area contributed by atoms with Crippen LogP contribution in [0.2, 0.25) is 5.02 Å². The summed E-state index contributed by atoms with van der Waals surface area (Å²) in [5.41, 5.74) is -3.66. The maximum Gasteiger partial charge on any atom is 0.408 e. The number of fused-ring (bicyclic) bond motifs is 1. The van der Waals surface area contributed by atoms with E-state index in [0.29, 0.717) is 47.5 Å². The van der Waals surface area contributed by atoms with Crippen molar-refractivity contribution in [2.75, 3.05) is 13.2 Å². The lowest BCUT2D eigenvalue weighted by Crippen LogP contribution is -2.60. The van der Waals surface area contributed by atoms with Gasteiger partial charge >= 0.3 is 16.4 Å². The summed E-state index contributed by atoms with van der Waals surface area (Å²) in [6, 6.07) is 4.51. The number of nitrogens with zero attached hydrogens (tertiary/aromatic N) is 2. The normalized spacial score (nSPS) is 24.0. The van der Waals surface area contributed by atoms with Crippen LogP contribution in [0, 0.1) is 11.3 Å². The van der Waals surface area contributed by atoms with Gasteiger partial charge in [0.25, 0.3) is 5.91 Å². The zero-order valence-electron chi connectivity index (χ0n) is 32.3. The second-order valence-electron chi connectivity index (χ2n) is 16.6. The number of amides is 4. The van der Waals surface area contributed by atoms with Crippen molar-refractivity contribution in [1.29, 1.82) is 0 Å². The molecule has 2 saturated carbocycles. The number of carbonyl (C=O) groups is 4. The Bertz CT molecular complexity index is 1910. The predicted molar refractivity (Wildman–Crippen MR) is 200 cm³/mol. The average Bonchev–Trinajstić information content (AvgIpc) is 3.91. The number of halogens is 1. The first-order chi connectivity index (χ1) is 25.0. The fourth-order valence-electron chi connectivity index (χ4n) is 6.64. The molecule has 0 radical (unpaired) electrons. The highest BCUT2D eigenvalue weighted by molar-refractivity contribution is 7.85. The number of para-hydroxylation sites is 1. The lowest BCUT2D eigenvalue weighted by Gasteiger charge is -2.36. The number of rotatable bonds is 13. The maximum absolute atomic E-state index is 14.6. The molecule has 3 fully saturated rings. The zero-order valence-corrected chi connectivity index (χ0v) is 33.9. The molecule has 15 nitrogen and oxygen atoms in total. The van der Waals surface area contributed by atoms with E-state index in [-0.39, 0.29) is 31.2 Å². The number of ether oxygens (including phenoxy) is 3. The Labute approximate surface area is 321 Å². The third kappa shape index (κ3) is 9.48. The van der Waals surface area contributed by atoms with Crippen LogP contribution in [-0.4, -0.2) is 90.2 Å². The number of alkyl carbamates (subject to hydrolysis) is 1. The summed E-state index contributed by atoms with van der Waals surface area (Å²) in [6.07, 6.45) is 0.137. The number of nitrogens with one attached hydrogen (secondary N) is 3. The second-order valence-corrected chi connectivity index (χ2v) is 18.3. The predicted octanol–water partition coefficient (Wildman–Crippen LogP) is 4.79. The van der Waals surface area contributed by atoms with Crippen molar-refractivity contribution in [3.8, 4) is 11.6 Å². The Morgan fingerprint density at radius 2 is 1.78 bits per heavy atom. The van der Waals surface area contributed by atoms with Gasteiger partial charge in [-0.25, -0.2) is 18.7 Å². The molecule has 1 aliphatic heterocycles. The van der Waals surface area contributed by atoms with E-state index < -0.39 is 74.5 Å². The van der Waals surface area contributed by atoms with E-state index in [1.165, 1.54) is 4.90 Å². The van der Waals surface area contributed by atoms with Crippen molar-refractivity contribution in [3.63, 3.8) is 0 Å². The maximum atomic E-state index is 14.6. The Kier molecular flexibility index (Phi) is 11.5. The molecule has 0 bridgehead atoms. The molecule has 2 aliphatic carbocycles. The molecule has 54 heavy (non-hydrogen) atoms. The van der Waals surface area contributed by atoms with Gasteiger partial charge in [-0.15, -0.1) is 0 Å². The third-order valence-corrected chi connectivity index (χ3v) is 11.1. The molecule has 1 aromatic carbocycles. The summed E-state index contributed by atoms with van der Waals surface area (Å²) in [4.78, 5) is 61.4. The first-order valence-corrected chi connectivity index (χ1v) is 20.1. The summed E-state index contributed by atoms with van der Waals surface area (Å²) in [5, 5.41) is 6.47. The number of hydrogen-bond acceptors (Lipinski definition) is 11. The van der Waals surface area contributed by atoms with Crippen LogP contribution in [0.5, 0.6) is 11.6 Å².